The first-order valence-electron chi connectivity index (χ1n) is 7.88. The fourth-order valence-corrected chi connectivity index (χ4v) is 3.05. The Balaban J connectivity index is 1.76. The molecule has 1 N–H and O–H groups in total. The molecule has 1 aliphatic heterocycles. The number of amides is 1. The third-order valence-electron chi connectivity index (χ3n) is 4.48. The Morgan fingerprint density at radius 1 is 1.38 bits per heavy atom. The molecule has 1 atom stereocenters. The highest BCUT2D eigenvalue weighted by Gasteiger charge is 2.35. The summed E-state index contributed by atoms with van der Waals surface area (Å²) in [6.45, 7) is 3.91. The maximum Gasteiger partial charge on any atom is 0.254 e. The first-order valence-corrected chi connectivity index (χ1v) is 7.88. The van der Waals surface area contributed by atoms with Crippen molar-refractivity contribution in [2.75, 3.05) is 20.2 Å². The Kier molecular flexibility index (Phi) is 4.15. The molecule has 1 saturated carbocycles. The van der Waals surface area contributed by atoms with Gasteiger partial charge in [-0.05, 0) is 56.8 Å². The Morgan fingerprint density at radius 3 is 2.81 bits per heavy atom. The van der Waals surface area contributed by atoms with Crippen LogP contribution in [0.15, 0.2) is 18.2 Å². The van der Waals surface area contributed by atoms with E-state index in [0.29, 0.717) is 12.1 Å². The zero-order valence-electron chi connectivity index (χ0n) is 12.9. The van der Waals surface area contributed by atoms with Crippen LogP contribution in [0.2, 0.25) is 0 Å². The van der Waals surface area contributed by atoms with Crippen molar-refractivity contribution in [1.82, 2.24) is 10.2 Å². The molecule has 2 fully saturated rings. The van der Waals surface area contributed by atoms with Crippen molar-refractivity contribution in [2.45, 2.75) is 44.7 Å². The van der Waals surface area contributed by atoms with Gasteiger partial charge in [-0.3, -0.25) is 4.79 Å². The molecule has 21 heavy (non-hydrogen) atoms. The van der Waals surface area contributed by atoms with Gasteiger partial charge in [-0.15, -0.1) is 0 Å². The van der Waals surface area contributed by atoms with Gasteiger partial charge in [0, 0.05) is 24.2 Å². The fourth-order valence-electron chi connectivity index (χ4n) is 3.05. The number of hydrogen-bond donors (Lipinski definition) is 1. The second-order valence-corrected chi connectivity index (χ2v) is 6.17. The molecule has 114 valence electrons. The van der Waals surface area contributed by atoms with Gasteiger partial charge >= 0.3 is 0 Å². The van der Waals surface area contributed by atoms with Crippen LogP contribution in [0.1, 0.15) is 41.6 Å². The molecule has 1 amide bonds. The minimum atomic E-state index is 0.143. The number of nitrogens with zero attached hydrogens (tertiary/aromatic N) is 1. The summed E-state index contributed by atoms with van der Waals surface area (Å²) in [6.07, 6.45) is 4.67. The smallest absolute Gasteiger partial charge is 0.254 e. The van der Waals surface area contributed by atoms with Crippen LogP contribution in [0.3, 0.4) is 0 Å². The van der Waals surface area contributed by atoms with Crippen LogP contribution in [-0.2, 0) is 0 Å². The van der Waals surface area contributed by atoms with Gasteiger partial charge in [0.2, 0.25) is 0 Å². The maximum atomic E-state index is 12.8. The molecular formula is C17H24N2O2. The summed E-state index contributed by atoms with van der Waals surface area (Å²) in [5, 5.41) is 3.49. The van der Waals surface area contributed by atoms with Crippen LogP contribution < -0.4 is 10.1 Å². The van der Waals surface area contributed by atoms with Crippen molar-refractivity contribution in [2.24, 2.45) is 0 Å². The standard InChI is InChI=1S/C17H24N2O2/c1-12-5-6-13(10-16(12)21-2)17(20)19(15-7-8-15)11-14-4-3-9-18-14/h5-6,10,14-15,18H,3-4,7-9,11H2,1-2H3. The average Bonchev–Trinajstić information content (AvgIpc) is 3.21. The minimum absolute atomic E-state index is 0.143. The van der Waals surface area contributed by atoms with Gasteiger partial charge in [0.15, 0.2) is 0 Å². The van der Waals surface area contributed by atoms with Crippen LogP contribution in [0.5, 0.6) is 5.75 Å². The van der Waals surface area contributed by atoms with E-state index in [1.807, 2.05) is 25.1 Å². The summed E-state index contributed by atoms with van der Waals surface area (Å²) in [7, 11) is 1.65. The number of nitrogens with one attached hydrogen (secondary N) is 1. The number of benzene rings is 1. The molecule has 0 spiro atoms. The zero-order valence-corrected chi connectivity index (χ0v) is 12.9. The summed E-state index contributed by atoms with van der Waals surface area (Å²) < 4.78 is 5.34. The fraction of sp³-hybridized carbons (Fsp3) is 0.588. The lowest BCUT2D eigenvalue weighted by atomic mass is 10.1. The van der Waals surface area contributed by atoms with E-state index in [1.54, 1.807) is 7.11 Å². The number of methoxy groups -OCH3 is 1. The number of aryl methyl sites for hydroxylation is 1. The van der Waals surface area contributed by atoms with Crippen molar-refractivity contribution in [3.63, 3.8) is 0 Å². The number of carbonyl (C=O) groups is 1. The van der Waals surface area contributed by atoms with Crippen LogP contribution in [-0.4, -0.2) is 43.1 Å². The summed E-state index contributed by atoms with van der Waals surface area (Å²) in [6, 6.07) is 6.65. The van der Waals surface area contributed by atoms with E-state index in [1.165, 1.54) is 12.8 Å². The molecule has 4 heteroatoms. The second kappa shape index (κ2) is 6.06. The SMILES string of the molecule is COc1cc(C(=O)N(CC2CCCN2)C2CC2)ccc1C. The number of hydrogen-bond acceptors (Lipinski definition) is 3. The lowest BCUT2D eigenvalue weighted by molar-refractivity contribution is 0.0728. The molecule has 0 radical (unpaired) electrons. The largest absolute Gasteiger partial charge is 0.496 e. The van der Waals surface area contributed by atoms with Gasteiger partial charge in [-0.2, -0.15) is 0 Å². The third-order valence-corrected chi connectivity index (χ3v) is 4.48. The van der Waals surface area contributed by atoms with Crippen LogP contribution >= 0.6 is 0 Å². The van der Waals surface area contributed by atoms with Crippen LogP contribution in [0.4, 0.5) is 0 Å². The first kappa shape index (κ1) is 14.4. The molecule has 1 heterocycles. The zero-order chi connectivity index (χ0) is 14.8. The number of ether oxygens (including phenoxy) is 1. The Bertz CT molecular complexity index is 520. The van der Waals surface area contributed by atoms with E-state index >= 15 is 0 Å². The van der Waals surface area contributed by atoms with Gasteiger partial charge in [-0.1, -0.05) is 6.07 Å². The molecule has 0 bridgehead atoms. The monoisotopic (exact) mass is 288 g/mol. The van der Waals surface area contributed by atoms with Crippen molar-refractivity contribution < 1.29 is 9.53 Å². The summed E-state index contributed by atoms with van der Waals surface area (Å²) in [5.74, 6) is 0.931. The quantitative estimate of drug-likeness (QED) is 0.904. The highest BCUT2D eigenvalue weighted by atomic mass is 16.5. The molecule has 1 aliphatic carbocycles. The van der Waals surface area contributed by atoms with Gasteiger partial charge in [-0.25, -0.2) is 0 Å². The predicted molar refractivity (Wildman–Crippen MR) is 82.8 cm³/mol. The summed E-state index contributed by atoms with van der Waals surface area (Å²) in [5.41, 5.74) is 1.80. The maximum absolute atomic E-state index is 12.8. The minimum Gasteiger partial charge on any atom is -0.496 e. The van der Waals surface area contributed by atoms with Gasteiger partial charge < -0.3 is 15.0 Å². The number of carbonyl (C=O) groups excluding carboxylic acids is 1. The van der Waals surface area contributed by atoms with Gasteiger partial charge in [0.1, 0.15) is 5.75 Å². The second-order valence-electron chi connectivity index (χ2n) is 6.17. The molecule has 1 aromatic rings. The molecule has 0 aromatic heterocycles. The highest BCUT2D eigenvalue weighted by molar-refractivity contribution is 5.95. The first-order chi connectivity index (χ1) is 10.2. The Morgan fingerprint density at radius 2 is 2.19 bits per heavy atom. The van der Waals surface area contributed by atoms with E-state index in [-0.39, 0.29) is 5.91 Å². The van der Waals surface area contributed by atoms with Crippen LogP contribution in [0, 0.1) is 6.92 Å². The summed E-state index contributed by atoms with van der Waals surface area (Å²) >= 11 is 0. The molecule has 4 nitrogen and oxygen atoms in total. The predicted octanol–water partition coefficient (Wildman–Crippen LogP) is 2.36. The van der Waals surface area contributed by atoms with Gasteiger partial charge in [0.05, 0.1) is 7.11 Å². The molecule has 1 aromatic carbocycles. The molecule has 1 unspecified atom stereocenters. The van der Waals surface area contributed by atoms with Crippen molar-refractivity contribution in [1.29, 1.82) is 0 Å². The lowest BCUT2D eigenvalue weighted by Gasteiger charge is -2.26. The Labute approximate surface area is 126 Å². The summed E-state index contributed by atoms with van der Waals surface area (Å²) in [4.78, 5) is 14.9. The van der Waals surface area contributed by atoms with E-state index < -0.39 is 0 Å². The van der Waals surface area contributed by atoms with E-state index in [9.17, 15) is 4.79 Å². The topological polar surface area (TPSA) is 41.6 Å². The van der Waals surface area contributed by atoms with E-state index in [2.05, 4.69) is 10.2 Å². The molecule has 3 rings (SSSR count). The molecule has 2 aliphatic rings. The normalized spacial score (nSPS) is 21.3. The average molecular weight is 288 g/mol. The van der Waals surface area contributed by atoms with Crippen molar-refractivity contribution >= 4 is 5.91 Å². The van der Waals surface area contributed by atoms with Gasteiger partial charge in [0.25, 0.3) is 5.91 Å². The Hall–Kier alpha value is -1.55. The molecule has 1 saturated heterocycles. The molecular weight excluding hydrogens is 264 g/mol. The third kappa shape index (κ3) is 3.21. The van der Waals surface area contributed by atoms with E-state index in [4.69, 9.17) is 4.74 Å². The van der Waals surface area contributed by atoms with Crippen LogP contribution in [0.25, 0.3) is 0 Å². The van der Waals surface area contributed by atoms with E-state index in [0.717, 1.165) is 42.8 Å². The lowest BCUT2D eigenvalue weighted by Crippen LogP contribution is -2.42. The highest BCUT2D eigenvalue weighted by Crippen LogP contribution is 2.30. The number of rotatable bonds is 5. The van der Waals surface area contributed by atoms with Crippen molar-refractivity contribution in [3.05, 3.63) is 29.3 Å². The van der Waals surface area contributed by atoms with Crippen molar-refractivity contribution in [3.8, 4) is 5.75 Å².